The van der Waals surface area contributed by atoms with Gasteiger partial charge >= 0.3 is 0 Å². The van der Waals surface area contributed by atoms with Gasteiger partial charge in [0.1, 0.15) is 0 Å². The first-order chi connectivity index (χ1) is 13.7. The van der Waals surface area contributed by atoms with Crippen LogP contribution >= 0.6 is 0 Å². The molecular weight excluding hydrogens is 346 g/mol. The van der Waals surface area contributed by atoms with Gasteiger partial charge in [-0.2, -0.15) is 0 Å². The van der Waals surface area contributed by atoms with Crippen LogP contribution in [0, 0.1) is 12.8 Å². The van der Waals surface area contributed by atoms with Gasteiger partial charge in [-0.15, -0.1) is 0 Å². The van der Waals surface area contributed by atoms with E-state index in [-0.39, 0.29) is 5.91 Å². The summed E-state index contributed by atoms with van der Waals surface area (Å²) in [6.07, 6.45) is 8.83. The minimum atomic E-state index is -0.0439. The number of hydrogen-bond donors (Lipinski definition) is 3. The highest BCUT2D eigenvalue weighted by atomic mass is 16.1. The molecule has 0 saturated heterocycles. The molecule has 4 rings (SSSR count). The molecule has 4 nitrogen and oxygen atoms in total. The minimum Gasteiger partial charge on any atom is -0.384 e. The number of hydrogen-bond acceptors (Lipinski definition) is 3. The van der Waals surface area contributed by atoms with E-state index in [2.05, 4.69) is 35.0 Å². The lowest BCUT2D eigenvalue weighted by molar-refractivity contribution is 0.102. The fourth-order valence-electron chi connectivity index (χ4n) is 4.53. The second kappa shape index (κ2) is 8.68. The van der Waals surface area contributed by atoms with Crippen LogP contribution in [-0.2, 0) is 6.42 Å². The van der Waals surface area contributed by atoms with Gasteiger partial charge in [-0.25, -0.2) is 0 Å². The largest absolute Gasteiger partial charge is 0.384 e. The molecule has 0 bridgehead atoms. The number of carbonyl (C=O) groups is 1. The maximum absolute atomic E-state index is 13.1. The molecule has 0 aromatic heterocycles. The van der Waals surface area contributed by atoms with Crippen LogP contribution < -0.4 is 16.0 Å². The number of aryl methyl sites for hydroxylation is 1. The second-order valence-corrected chi connectivity index (χ2v) is 8.20. The van der Waals surface area contributed by atoms with Crippen LogP contribution in [0.2, 0.25) is 0 Å². The molecule has 4 heteroatoms. The Kier molecular flexibility index (Phi) is 5.84. The van der Waals surface area contributed by atoms with Crippen molar-refractivity contribution in [1.82, 2.24) is 0 Å². The number of carbonyl (C=O) groups excluding carboxylic acids is 1. The average molecular weight is 378 g/mol. The smallest absolute Gasteiger partial charge is 0.257 e. The van der Waals surface area contributed by atoms with Gasteiger partial charge in [-0.05, 0) is 67.9 Å². The van der Waals surface area contributed by atoms with Crippen molar-refractivity contribution in [3.05, 3.63) is 53.1 Å². The maximum atomic E-state index is 13.1. The lowest BCUT2D eigenvalue weighted by Crippen LogP contribution is -2.21. The Morgan fingerprint density at radius 2 is 1.82 bits per heavy atom. The Labute approximate surface area is 168 Å². The van der Waals surface area contributed by atoms with E-state index < -0.39 is 0 Å². The van der Waals surface area contributed by atoms with E-state index in [0.29, 0.717) is 0 Å². The Morgan fingerprint density at radius 3 is 2.64 bits per heavy atom. The Morgan fingerprint density at radius 1 is 1.04 bits per heavy atom. The van der Waals surface area contributed by atoms with E-state index in [1.165, 1.54) is 43.2 Å². The molecule has 1 heterocycles. The molecule has 2 aromatic rings. The van der Waals surface area contributed by atoms with Gasteiger partial charge < -0.3 is 16.0 Å². The highest BCUT2D eigenvalue weighted by Crippen LogP contribution is 2.31. The monoisotopic (exact) mass is 377 g/mol. The molecule has 2 aliphatic rings. The minimum absolute atomic E-state index is 0.0439. The van der Waals surface area contributed by atoms with Gasteiger partial charge in [0.2, 0.25) is 0 Å². The zero-order valence-electron chi connectivity index (χ0n) is 16.8. The summed E-state index contributed by atoms with van der Waals surface area (Å²) in [5.41, 5.74) is 6.15. The molecule has 1 saturated carbocycles. The molecule has 1 aliphatic carbocycles. The summed E-state index contributed by atoms with van der Waals surface area (Å²) in [4.78, 5) is 13.1. The van der Waals surface area contributed by atoms with Crippen molar-refractivity contribution in [1.29, 1.82) is 0 Å². The molecule has 0 radical (unpaired) electrons. The molecule has 28 heavy (non-hydrogen) atoms. The standard InChI is InChI=1S/C24H31N3O/c1-17-13-14-20(23-19(17)10-7-15-25-23)24(28)27-22-12-6-5-11-21(22)26-16-18-8-3-2-4-9-18/h5-6,11-14,18,25-26H,2-4,7-10,15-16H2,1H3,(H,27,28). The van der Waals surface area contributed by atoms with Gasteiger partial charge in [0, 0.05) is 13.1 Å². The number of fused-ring (bicyclic) bond motifs is 1. The molecule has 1 fully saturated rings. The number of amides is 1. The van der Waals surface area contributed by atoms with Crippen LogP contribution in [0.4, 0.5) is 17.1 Å². The van der Waals surface area contributed by atoms with Crippen molar-refractivity contribution in [2.24, 2.45) is 5.92 Å². The number of nitrogens with one attached hydrogen (secondary N) is 3. The van der Waals surface area contributed by atoms with Crippen molar-refractivity contribution < 1.29 is 4.79 Å². The zero-order chi connectivity index (χ0) is 19.3. The normalized spacial score (nSPS) is 16.8. The fraction of sp³-hybridized carbons (Fsp3) is 0.458. The Hall–Kier alpha value is -2.49. The maximum Gasteiger partial charge on any atom is 0.257 e. The van der Waals surface area contributed by atoms with E-state index in [4.69, 9.17) is 0 Å². The van der Waals surface area contributed by atoms with Crippen LogP contribution in [0.5, 0.6) is 0 Å². The van der Waals surface area contributed by atoms with E-state index in [1.807, 2.05) is 24.3 Å². The third-order valence-corrected chi connectivity index (χ3v) is 6.18. The third-order valence-electron chi connectivity index (χ3n) is 6.18. The molecule has 0 unspecified atom stereocenters. The summed E-state index contributed by atoms with van der Waals surface area (Å²) in [5.74, 6) is 0.698. The van der Waals surface area contributed by atoms with Gasteiger partial charge in [-0.3, -0.25) is 4.79 Å². The van der Waals surface area contributed by atoms with Crippen LogP contribution in [0.3, 0.4) is 0 Å². The van der Waals surface area contributed by atoms with Crippen LogP contribution in [0.25, 0.3) is 0 Å². The topological polar surface area (TPSA) is 53.2 Å². The molecule has 148 valence electrons. The molecule has 0 spiro atoms. The summed E-state index contributed by atoms with van der Waals surface area (Å²) in [5, 5.41) is 10.2. The van der Waals surface area contributed by atoms with Crippen molar-refractivity contribution in [3.63, 3.8) is 0 Å². The lowest BCUT2D eigenvalue weighted by atomic mass is 9.89. The number of rotatable bonds is 5. The number of anilines is 3. The predicted molar refractivity (Wildman–Crippen MR) is 117 cm³/mol. The van der Waals surface area contributed by atoms with E-state index in [0.717, 1.165) is 54.5 Å². The van der Waals surface area contributed by atoms with Crippen molar-refractivity contribution >= 4 is 23.0 Å². The van der Waals surface area contributed by atoms with Gasteiger partial charge in [0.05, 0.1) is 22.6 Å². The zero-order valence-corrected chi connectivity index (χ0v) is 16.8. The summed E-state index contributed by atoms with van der Waals surface area (Å²) >= 11 is 0. The van der Waals surface area contributed by atoms with Crippen LogP contribution in [-0.4, -0.2) is 19.0 Å². The highest BCUT2D eigenvalue weighted by molar-refractivity contribution is 6.10. The predicted octanol–water partition coefficient (Wildman–Crippen LogP) is 5.60. The summed E-state index contributed by atoms with van der Waals surface area (Å²) in [7, 11) is 0. The van der Waals surface area contributed by atoms with Gasteiger partial charge in [-0.1, -0.05) is 37.5 Å². The second-order valence-electron chi connectivity index (χ2n) is 8.20. The van der Waals surface area contributed by atoms with E-state index in [1.54, 1.807) is 0 Å². The lowest BCUT2D eigenvalue weighted by Gasteiger charge is -2.24. The molecule has 1 amide bonds. The third kappa shape index (κ3) is 4.16. The first kappa shape index (κ1) is 18.9. The first-order valence-corrected chi connectivity index (χ1v) is 10.7. The highest BCUT2D eigenvalue weighted by Gasteiger charge is 2.20. The van der Waals surface area contributed by atoms with Crippen LogP contribution in [0.15, 0.2) is 36.4 Å². The van der Waals surface area contributed by atoms with Gasteiger partial charge in [0.15, 0.2) is 0 Å². The average Bonchev–Trinajstić information content (AvgIpc) is 2.74. The quantitative estimate of drug-likeness (QED) is 0.636. The summed E-state index contributed by atoms with van der Waals surface area (Å²) in [6, 6.07) is 12.0. The molecule has 1 aliphatic heterocycles. The number of para-hydroxylation sites is 2. The summed E-state index contributed by atoms with van der Waals surface area (Å²) < 4.78 is 0. The van der Waals surface area contributed by atoms with Crippen molar-refractivity contribution in [2.75, 3.05) is 29.0 Å². The molecular formula is C24H31N3O. The Bertz CT molecular complexity index is 840. The van der Waals surface area contributed by atoms with Crippen LogP contribution in [0.1, 0.15) is 60.0 Å². The summed E-state index contributed by atoms with van der Waals surface area (Å²) in [6.45, 7) is 4.03. The molecule has 2 aromatic carbocycles. The van der Waals surface area contributed by atoms with Gasteiger partial charge in [0.25, 0.3) is 5.91 Å². The SMILES string of the molecule is Cc1ccc(C(=O)Nc2ccccc2NCC2CCCCC2)c2c1CCCN2. The van der Waals surface area contributed by atoms with Crippen molar-refractivity contribution in [3.8, 4) is 0 Å². The molecule has 3 N–H and O–H groups in total. The Balaban J connectivity index is 1.49. The fourth-order valence-corrected chi connectivity index (χ4v) is 4.53. The first-order valence-electron chi connectivity index (χ1n) is 10.7. The number of benzene rings is 2. The van der Waals surface area contributed by atoms with E-state index >= 15 is 0 Å². The van der Waals surface area contributed by atoms with Crippen molar-refractivity contribution in [2.45, 2.75) is 51.9 Å². The molecule has 0 atom stereocenters. The van der Waals surface area contributed by atoms with E-state index in [9.17, 15) is 4.79 Å².